The highest BCUT2D eigenvalue weighted by Gasteiger charge is 2.24. The van der Waals surface area contributed by atoms with E-state index in [-0.39, 0.29) is 28.9 Å². The fourth-order valence-electron chi connectivity index (χ4n) is 2.45. The molecule has 6 heteroatoms. The number of carbonyl (C=O) groups excluding carboxylic acids is 1. The Kier molecular flexibility index (Phi) is 3.69. The molecule has 0 saturated heterocycles. The number of nitrogens with two attached hydrogens (primary N) is 1. The van der Waals surface area contributed by atoms with Crippen LogP contribution < -0.4 is 11.1 Å². The van der Waals surface area contributed by atoms with E-state index in [1.807, 2.05) is 0 Å². The normalized spacial score (nSPS) is 22.2. The molecule has 0 aromatic heterocycles. The van der Waals surface area contributed by atoms with Crippen molar-refractivity contribution in [3.8, 4) is 0 Å². The van der Waals surface area contributed by atoms with Crippen molar-refractivity contribution in [1.29, 1.82) is 0 Å². The summed E-state index contributed by atoms with van der Waals surface area (Å²) in [5.74, 6) is 0.341. The average Bonchev–Trinajstić information content (AvgIpc) is 2.74. The lowest BCUT2D eigenvalue weighted by molar-refractivity contribution is -0.383. The molecule has 3 N–H and O–H groups in total. The van der Waals surface area contributed by atoms with Gasteiger partial charge in [0.2, 0.25) is 0 Å². The number of nitrogens with one attached hydrogen (secondary N) is 1. The molecule has 1 saturated carbocycles. The van der Waals surface area contributed by atoms with Gasteiger partial charge in [-0.15, -0.1) is 0 Å². The minimum Gasteiger partial charge on any atom is -0.393 e. The van der Waals surface area contributed by atoms with E-state index in [0.29, 0.717) is 5.92 Å². The maximum atomic E-state index is 12.0. The molecule has 0 spiro atoms. The minimum atomic E-state index is -0.580. The summed E-state index contributed by atoms with van der Waals surface area (Å²) in [7, 11) is 0. The third-order valence-corrected chi connectivity index (χ3v) is 3.52. The van der Waals surface area contributed by atoms with Gasteiger partial charge in [-0.05, 0) is 37.3 Å². The van der Waals surface area contributed by atoms with Gasteiger partial charge in [0.15, 0.2) is 0 Å². The van der Waals surface area contributed by atoms with E-state index in [4.69, 9.17) is 5.73 Å². The molecule has 19 heavy (non-hydrogen) atoms. The maximum absolute atomic E-state index is 12.0. The monoisotopic (exact) mass is 263 g/mol. The van der Waals surface area contributed by atoms with Crippen molar-refractivity contribution in [2.75, 3.05) is 5.73 Å². The highest BCUT2D eigenvalue weighted by molar-refractivity contribution is 5.95. The number of benzene rings is 1. The molecule has 0 radical (unpaired) electrons. The van der Waals surface area contributed by atoms with Gasteiger partial charge in [0.25, 0.3) is 11.6 Å². The predicted molar refractivity (Wildman–Crippen MR) is 71.8 cm³/mol. The Labute approximate surface area is 111 Å². The second kappa shape index (κ2) is 5.26. The molecule has 0 bridgehead atoms. The molecule has 1 amide bonds. The van der Waals surface area contributed by atoms with Gasteiger partial charge in [-0.1, -0.05) is 6.92 Å². The van der Waals surface area contributed by atoms with Crippen molar-refractivity contribution < 1.29 is 9.72 Å². The lowest BCUT2D eigenvalue weighted by Gasteiger charge is -2.12. The van der Waals surface area contributed by atoms with Gasteiger partial charge >= 0.3 is 0 Å². The van der Waals surface area contributed by atoms with Crippen molar-refractivity contribution in [3.05, 3.63) is 33.9 Å². The Bertz CT molecular complexity index is 516. The lowest BCUT2D eigenvalue weighted by Crippen LogP contribution is -2.32. The molecule has 1 fully saturated rings. The number of nitro groups is 1. The summed E-state index contributed by atoms with van der Waals surface area (Å²) in [6, 6.07) is 4.29. The SMILES string of the molecule is CC1CCC(NC(=O)c2ccc(N)c([N+](=O)[O-])c2)C1. The number of amides is 1. The van der Waals surface area contributed by atoms with Gasteiger partial charge in [0, 0.05) is 17.7 Å². The summed E-state index contributed by atoms with van der Waals surface area (Å²) in [4.78, 5) is 22.2. The van der Waals surface area contributed by atoms with E-state index in [1.54, 1.807) is 0 Å². The first-order valence-corrected chi connectivity index (χ1v) is 6.32. The lowest BCUT2D eigenvalue weighted by atomic mass is 10.1. The van der Waals surface area contributed by atoms with E-state index < -0.39 is 4.92 Å². The second-order valence-electron chi connectivity index (χ2n) is 5.12. The minimum absolute atomic E-state index is 0.0658. The van der Waals surface area contributed by atoms with Crippen molar-refractivity contribution >= 4 is 17.3 Å². The summed E-state index contributed by atoms with van der Waals surface area (Å²) in [5.41, 5.74) is 5.61. The molecule has 1 aliphatic carbocycles. The molecule has 2 atom stereocenters. The van der Waals surface area contributed by atoms with Crippen LogP contribution in [0.1, 0.15) is 36.5 Å². The molecule has 1 aromatic carbocycles. The van der Waals surface area contributed by atoms with Crippen LogP contribution >= 0.6 is 0 Å². The van der Waals surface area contributed by atoms with Gasteiger partial charge in [0.1, 0.15) is 5.69 Å². The number of nitrogens with zero attached hydrogens (tertiary/aromatic N) is 1. The predicted octanol–water partition coefficient (Wildman–Crippen LogP) is 2.10. The first-order valence-electron chi connectivity index (χ1n) is 6.32. The summed E-state index contributed by atoms with van der Waals surface area (Å²) < 4.78 is 0. The molecular weight excluding hydrogens is 246 g/mol. The molecule has 0 aliphatic heterocycles. The highest BCUT2D eigenvalue weighted by Crippen LogP contribution is 2.26. The molecule has 102 valence electrons. The van der Waals surface area contributed by atoms with E-state index >= 15 is 0 Å². The second-order valence-corrected chi connectivity index (χ2v) is 5.12. The Morgan fingerprint density at radius 2 is 2.21 bits per heavy atom. The number of carbonyl (C=O) groups is 1. The van der Waals surface area contributed by atoms with Crippen LogP contribution in [0.25, 0.3) is 0 Å². The number of nitro benzene ring substituents is 1. The van der Waals surface area contributed by atoms with E-state index in [2.05, 4.69) is 12.2 Å². The van der Waals surface area contributed by atoms with Crippen LogP contribution in [0, 0.1) is 16.0 Å². The number of anilines is 1. The first kappa shape index (κ1) is 13.3. The average molecular weight is 263 g/mol. The number of hydrogen-bond acceptors (Lipinski definition) is 4. The Hall–Kier alpha value is -2.11. The topological polar surface area (TPSA) is 98.3 Å². The smallest absolute Gasteiger partial charge is 0.292 e. The molecule has 1 aliphatic rings. The molecule has 0 heterocycles. The van der Waals surface area contributed by atoms with Crippen molar-refractivity contribution in [2.24, 2.45) is 5.92 Å². The van der Waals surface area contributed by atoms with Crippen LogP contribution in [0.5, 0.6) is 0 Å². The molecule has 1 aromatic rings. The Morgan fingerprint density at radius 1 is 1.47 bits per heavy atom. The van der Waals surface area contributed by atoms with Gasteiger partial charge in [-0.3, -0.25) is 14.9 Å². The van der Waals surface area contributed by atoms with Crippen molar-refractivity contribution in [2.45, 2.75) is 32.2 Å². The summed E-state index contributed by atoms with van der Waals surface area (Å²) in [6.07, 6.45) is 3.03. The van der Waals surface area contributed by atoms with Crippen LogP contribution in [-0.4, -0.2) is 16.9 Å². The van der Waals surface area contributed by atoms with Crippen molar-refractivity contribution in [3.63, 3.8) is 0 Å². The number of rotatable bonds is 3. The van der Waals surface area contributed by atoms with Crippen LogP contribution in [0.4, 0.5) is 11.4 Å². The van der Waals surface area contributed by atoms with Crippen LogP contribution in [0.15, 0.2) is 18.2 Å². The standard InChI is InChI=1S/C13H17N3O3/c1-8-2-4-10(6-8)15-13(17)9-3-5-11(14)12(7-9)16(18)19/h3,5,7-8,10H,2,4,6,14H2,1H3,(H,15,17). The van der Waals surface area contributed by atoms with E-state index in [0.717, 1.165) is 19.3 Å². The van der Waals surface area contributed by atoms with Crippen LogP contribution in [-0.2, 0) is 0 Å². The van der Waals surface area contributed by atoms with Gasteiger partial charge < -0.3 is 11.1 Å². The zero-order chi connectivity index (χ0) is 14.0. The maximum Gasteiger partial charge on any atom is 0.292 e. The molecular formula is C13H17N3O3. The molecule has 2 unspecified atom stereocenters. The molecule has 2 rings (SSSR count). The van der Waals surface area contributed by atoms with Crippen LogP contribution in [0.3, 0.4) is 0 Å². The van der Waals surface area contributed by atoms with Gasteiger partial charge in [-0.25, -0.2) is 0 Å². The quantitative estimate of drug-likeness (QED) is 0.495. The van der Waals surface area contributed by atoms with Crippen molar-refractivity contribution in [1.82, 2.24) is 5.32 Å². The van der Waals surface area contributed by atoms with Gasteiger partial charge in [0.05, 0.1) is 4.92 Å². The highest BCUT2D eigenvalue weighted by atomic mass is 16.6. The zero-order valence-electron chi connectivity index (χ0n) is 10.8. The fourth-order valence-corrected chi connectivity index (χ4v) is 2.45. The summed E-state index contributed by atoms with van der Waals surface area (Å²) in [5, 5.41) is 13.7. The largest absolute Gasteiger partial charge is 0.393 e. The van der Waals surface area contributed by atoms with E-state index in [1.165, 1.54) is 18.2 Å². The summed E-state index contributed by atoms with van der Waals surface area (Å²) >= 11 is 0. The fraction of sp³-hybridized carbons (Fsp3) is 0.462. The first-order chi connectivity index (χ1) is 8.97. The van der Waals surface area contributed by atoms with E-state index in [9.17, 15) is 14.9 Å². The zero-order valence-corrected chi connectivity index (χ0v) is 10.8. The molecule has 6 nitrogen and oxygen atoms in total. The number of hydrogen-bond donors (Lipinski definition) is 2. The third-order valence-electron chi connectivity index (χ3n) is 3.52. The number of nitrogen functional groups attached to an aromatic ring is 1. The van der Waals surface area contributed by atoms with Crippen LogP contribution in [0.2, 0.25) is 0 Å². The third kappa shape index (κ3) is 3.01. The Morgan fingerprint density at radius 3 is 2.79 bits per heavy atom. The summed E-state index contributed by atoms with van der Waals surface area (Å²) in [6.45, 7) is 2.15. The van der Waals surface area contributed by atoms with Gasteiger partial charge in [-0.2, -0.15) is 0 Å². The Balaban J connectivity index is 2.11.